The Morgan fingerprint density at radius 3 is 2.67 bits per heavy atom. The van der Waals surface area contributed by atoms with Gasteiger partial charge in [0.05, 0.1) is 11.2 Å². The Kier molecular flexibility index (Phi) is 3.07. The Morgan fingerprint density at radius 2 is 2.00 bits per heavy atom. The molecule has 0 bridgehead atoms. The van der Waals surface area contributed by atoms with Crippen LogP contribution in [0.4, 0.5) is 0 Å². The van der Waals surface area contributed by atoms with E-state index in [9.17, 15) is 5.26 Å². The Labute approximate surface area is 122 Å². The third kappa shape index (κ3) is 2.21. The number of hydrogen-bond acceptors (Lipinski definition) is 4. The number of para-hydroxylation sites is 1. The number of aromatic nitrogens is 3. The van der Waals surface area contributed by atoms with Crippen LogP contribution in [0.3, 0.4) is 0 Å². The van der Waals surface area contributed by atoms with Crippen molar-refractivity contribution < 1.29 is 4.74 Å². The highest BCUT2D eigenvalue weighted by Crippen LogP contribution is 2.30. The van der Waals surface area contributed by atoms with Crippen molar-refractivity contribution in [2.45, 2.75) is 13.8 Å². The van der Waals surface area contributed by atoms with Gasteiger partial charge in [0, 0.05) is 12.4 Å². The molecule has 0 unspecified atom stereocenters. The van der Waals surface area contributed by atoms with Gasteiger partial charge in [-0.3, -0.25) is 4.68 Å². The fraction of sp³-hybridized carbons (Fsp3) is 0.188. The molecule has 0 atom stereocenters. The molecular weight excluding hydrogens is 264 g/mol. The zero-order valence-electron chi connectivity index (χ0n) is 12.1. The van der Waals surface area contributed by atoms with E-state index in [1.54, 1.807) is 10.7 Å². The number of aryl methyl sites for hydroxylation is 2. The van der Waals surface area contributed by atoms with E-state index in [2.05, 4.69) is 16.2 Å². The van der Waals surface area contributed by atoms with E-state index in [0.717, 1.165) is 22.3 Å². The van der Waals surface area contributed by atoms with Crippen LogP contribution < -0.4 is 4.74 Å². The molecule has 1 aromatic carbocycles. The van der Waals surface area contributed by atoms with Gasteiger partial charge in [0.1, 0.15) is 17.3 Å². The number of hydrogen-bond donors (Lipinski definition) is 0. The second-order valence-corrected chi connectivity index (χ2v) is 4.87. The Balaban J connectivity index is 2.13. The van der Waals surface area contributed by atoms with Crippen LogP contribution in [-0.2, 0) is 7.05 Å². The minimum absolute atomic E-state index is 0.315. The molecule has 0 radical (unpaired) electrons. The van der Waals surface area contributed by atoms with E-state index in [4.69, 9.17) is 4.74 Å². The highest BCUT2D eigenvalue weighted by Gasteiger charge is 2.15. The predicted octanol–water partition coefficient (Wildman–Crippen LogP) is 3.25. The summed E-state index contributed by atoms with van der Waals surface area (Å²) in [6.07, 6.45) is 0. The second kappa shape index (κ2) is 4.91. The molecule has 21 heavy (non-hydrogen) atoms. The van der Waals surface area contributed by atoms with E-state index in [-0.39, 0.29) is 0 Å². The van der Waals surface area contributed by atoms with Crippen LogP contribution in [0.25, 0.3) is 10.9 Å². The molecule has 0 saturated carbocycles. The molecule has 5 heteroatoms. The maximum absolute atomic E-state index is 9.31. The summed E-state index contributed by atoms with van der Waals surface area (Å²) in [4.78, 5) is 4.45. The second-order valence-electron chi connectivity index (χ2n) is 4.87. The molecular formula is C16H14N4O. The fourth-order valence-corrected chi connectivity index (χ4v) is 2.25. The summed E-state index contributed by atoms with van der Waals surface area (Å²) < 4.78 is 7.62. The van der Waals surface area contributed by atoms with Crippen molar-refractivity contribution >= 4 is 10.9 Å². The van der Waals surface area contributed by atoms with Gasteiger partial charge in [0.25, 0.3) is 0 Å². The predicted molar refractivity (Wildman–Crippen MR) is 79.2 cm³/mol. The van der Waals surface area contributed by atoms with Gasteiger partial charge in [0.2, 0.25) is 5.88 Å². The first kappa shape index (κ1) is 13.1. The maximum atomic E-state index is 9.31. The minimum atomic E-state index is 0.315. The molecule has 0 fully saturated rings. The highest BCUT2D eigenvalue weighted by atomic mass is 16.5. The number of nitrogens with zero attached hydrogens (tertiary/aromatic N) is 4. The van der Waals surface area contributed by atoms with E-state index in [1.165, 1.54) is 0 Å². The van der Waals surface area contributed by atoms with Crippen molar-refractivity contribution in [2.75, 3.05) is 0 Å². The van der Waals surface area contributed by atoms with Crippen molar-refractivity contribution in [3.05, 3.63) is 47.3 Å². The fourth-order valence-electron chi connectivity index (χ4n) is 2.25. The van der Waals surface area contributed by atoms with Crippen LogP contribution in [0.5, 0.6) is 11.6 Å². The van der Waals surface area contributed by atoms with Crippen molar-refractivity contribution in [1.29, 1.82) is 5.26 Å². The smallest absolute Gasteiger partial charge is 0.238 e. The van der Waals surface area contributed by atoms with Crippen LogP contribution in [0.15, 0.2) is 30.3 Å². The van der Waals surface area contributed by atoms with Crippen LogP contribution in [0.2, 0.25) is 0 Å². The quantitative estimate of drug-likeness (QED) is 0.721. The van der Waals surface area contributed by atoms with Crippen LogP contribution in [0, 0.1) is 25.2 Å². The topological polar surface area (TPSA) is 63.7 Å². The van der Waals surface area contributed by atoms with Gasteiger partial charge in [-0.05, 0) is 26.0 Å². The lowest BCUT2D eigenvalue weighted by molar-refractivity contribution is 0.455. The van der Waals surface area contributed by atoms with Gasteiger partial charge in [0.15, 0.2) is 5.75 Å². The van der Waals surface area contributed by atoms with Crippen molar-refractivity contribution in [3.63, 3.8) is 0 Å². The van der Waals surface area contributed by atoms with Crippen LogP contribution in [-0.4, -0.2) is 14.8 Å². The van der Waals surface area contributed by atoms with Crippen molar-refractivity contribution in [3.8, 4) is 17.7 Å². The average molecular weight is 278 g/mol. The number of fused-ring (bicyclic) bond motifs is 1. The van der Waals surface area contributed by atoms with E-state index < -0.39 is 0 Å². The van der Waals surface area contributed by atoms with Gasteiger partial charge in [-0.2, -0.15) is 10.4 Å². The van der Waals surface area contributed by atoms with Gasteiger partial charge in [-0.15, -0.1) is 0 Å². The number of nitriles is 1. The molecule has 3 rings (SSSR count). The first-order valence-electron chi connectivity index (χ1n) is 6.58. The summed E-state index contributed by atoms with van der Waals surface area (Å²) in [7, 11) is 1.86. The number of benzene rings is 1. The number of rotatable bonds is 2. The Morgan fingerprint density at radius 1 is 1.24 bits per heavy atom. The zero-order chi connectivity index (χ0) is 15.0. The SMILES string of the molecule is Cc1nn(C)c(C)c1Oc1nc2ccccc2cc1C#N. The zero-order valence-corrected chi connectivity index (χ0v) is 12.1. The molecule has 2 heterocycles. The molecule has 0 aliphatic carbocycles. The van der Waals surface area contributed by atoms with Crippen molar-refractivity contribution in [2.24, 2.45) is 7.05 Å². The molecule has 5 nitrogen and oxygen atoms in total. The van der Waals surface area contributed by atoms with Gasteiger partial charge >= 0.3 is 0 Å². The number of pyridine rings is 1. The molecule has 0 aliphatic rings. The molecule has 104 valence electrons. The van der Waals surface area contributed by atoms with Gasteiger partial charge in [-0.1, -0.05) is 18.2 Å². The molecule has 0 N–H and O–H groups in total. The maximum Gasteiger partial charge on any atom is 0.238 e. The molecule has 2 aromatic heterocycles. The van der Waals surface area contributed by atoms with Crippen LogP contribution in [0.1, 0.15) is 17.0 Å². The summed E-state index contributed by atoms with van der Waals surface area (Å²) in [5, 5.41) is 14.5. The Hall–Kier alpha value is -2.87. The normalized spacial score (nSPS) is 10.6. The Bertz CT molecular complexity index is 874. The molecule has 3 aromatic rings. The lowest BCUT2D eigenvalue weighted by Crippen LogP contribution is -1.96. The minimum Gasteiger partial charge on any atom is -0.434 e. The van der Waals surface area contributed by atoms with E-state index in [0.29, 0.717) is 17.2 Å². The molecule has 0 spiro atoms. The average Bonchev–Trinajstić information content (AvgIpc) is 2.73. The highest BCUT2D eigenvalue weighted by molar-refractivity contribution is 5.81. The lowest BCUT2D eigenvalue weighted by Gasteiger charge is -2.08. The van der Waals surface area contributed by atoms with Gasteiger partial charge < -0.3 is 4.74 Å². The lowest BCUT2D eigenvalue weighted by atomic mass is 10.1. The third-order valence-electron chi connectivity index (χ3n) is 3.45. The molecule has 0 amide bonds. The largest absolute Gasteiger partial charge is 0.434 e. The summed E-state index contributed by atoms with van der Waals surface area (Å²) >= 11 is 0. The first-order chi connectivity index (χ1) is 10.1. The standard InChI is InChI=1S/C16H14N4O/c1-10-15(11(2)20(3)19-10)21-16-13(9-17)8-12-6-4-5-7-14(12)18-16/h4-8H,1-3H3. The summed E-state index contributed by atoms with van der Waals surface area (Å²) in [6.45, 7) is 3.79. The molecule has 0 aliphatic heterocycles. The third-order valence-corrected chi connectivity index (χ3v) is 3.45. The van der Waals surface area contributed by atoms with E-state index in [1.807, 2.05) is 45.2 Å². The summed E-state index contributed by atoms with van der Waals surface area (Å²) in [5.74, 6) is 0.965. The summed E-state index contributed by atoms with van der Waals surface area (Å²) in [5.41, 5.74) is 2.88. The van der Waals surface area contributed by atoms with E-state index >= 15 is 0 Å². The van der Waals surface area contributed by atoms with Crippen molar-refractivity contribution in [1.82, 2.24) is 14.8 Å². The van der Waals surface area contributed by atoms with Crippen LogP contribution >= 0.6 is 0 Å². The first-order valence-corrected chi connectivity index (χ1v) is 6.58. The number of ether oxygens (including phenoxy) is 1. The summed E-state index contributed by atoms with van der Waals surface area (Å²) in [6, 6.07) is 11.6. The van der Waals surface area contributed by atoms with Gasteiger partial charge in [-0.25, -0.2) is 4.98 Å². The monoisotopic (exact) mass is 278 g/mol. The molecule has 0 saturated heterocycles.